The monoisotopic (exact) mass is 294 g/mol. The standard InChI is InChI=1S/C15H23FN4O/c1-2-3-10-4-6-11(7-5-10)19-15(21)12-8-9-18-14(20-17)13(12)16/h8-11H,2-7,17H2,1H3,(H,18,20)(H,19,21). The van der Waals surface area contributed by atoms with Crippen LogP contribution in [0.3, 0.4) is 0 Å². The molecule has 4 N–H and O–H groups in total. The molecule has 0 aromatic carbocycles. The molecule has 0 atom stereocenters. The van der Waals surface area contributed by atoms with E-state index in [0.717, 1.165) is 31.6 Å². The first-order valence-electron chi connectivity index (χ1n) is 7.57. The predicted octanol–water partition coefficient (Wildman–Crippen LogP) is 2.60. The lowest BCUT2D eigenvalue weighted by Crippen LogP contribution is -2.38. The lowest BCUT2D eigenvalue weighted by Gasteiger charge is -2.29. The zero-order chi connectivity index (χ0) is 15.2. The summed E-state index contributed by atoms with van der Waals surface area (Å²) >= 11 is 0. The molecule has 21 heavy (non-hydrogen) atoms. The number of hydrogen-bond donors (Lipinski definition) is 3. The van der Waals surface area contributed by atoms with Gasteiger partial charge in [0.05, 0.1) is 5.56 Å². The van der Waals surface area contributed by atoms with Crippen molar-refractivity contribution in [1.82, 2.24) is 10.3 Å². The number of hydrogen-bond acceptors (Lipinski definition) is 4. The van der Waals surface area contributed by atoms with Crippen molar-refractivity contribution in [3.05, 3.63) is 23.6 Å². The molecule has 0 spiro atoms. The average Bonchev–Trinajstić information content (AvgIpc) is 2.49. The molecule has 0 radical (unpaired) electrons. The molecule has 0 saturated heterocycles. The number of carbonyl (C=O) groups excluding carboxylic acids is 1. The second-order valence-corrected chi connectivity index (χ2v) is 5.65. The lowest BCUT2D eigenvalue weighted by atomic mass is 9.83. The molecule has 1 saturated carbocycles. The number of amides is 1. The van der Waals surface area contributed by atoms with E-state index in [4.69, 9.17) is 5.84 Å². The van der Waals surface area contributed by atoms with E-state index in [1.807, 2.05) is 0 Å². The fourth-order valence-electron chi connectivity index (χ4n) is 2.99. The van der Waals surface area contributed by atoms with E-state index >= 15 is 0 Å². The first-order valence-corrected chi connectivity index (χ1v) is 7.57. The Balaban J connectivity index is 1.94. The summed E-state index contributed by atoms with van der Waals surface area (Å²) in [7, 11) is 0. The van der Waals surface area contributed by atoms with Gasteiger partial charge in [-0.1, -0.05) is 19.8 Å². The first kappa shape index (κ1) is 15.7. The van der Waals surface area contributed by atoms with Gasteiger partial charge >= 0.3 is 0 Å². The molecule has 1 aromatic heterocycles. The number of halogens is 1. The molecular weight excluding hydrogens is 271 g/mol. The summed E-state index contributed by atoms with van der Waals surface area (Å²) in [6.45, 7) is 2.20. The Labute approximate surface area is 124 Å². The highest BCUT2D eigenvalue weighted by molar-refractivity contribution is 5.95. The van der Waals surface area contributed by atoms with Gasteiger partial charge in [0.1, 0.15) is 0 Å². The molecule has 0 bridgehead atoms. The van der Waals surface area contributed by atoms with Gasteiger partial charge in [-0.3, -0.25) is 4.79 Å². The number of nitrogen functional groups attached to an aromatic ring is 1. The molecule has 1 amide bonds. The van der Waals surface area contributed by atoms with Crippen molar-refractivity contribution < 1.29 is 9.18 Å². The van der Waals surface area contributed by atoms with Gasteiger partial charge < -0.3 is 10.7 Å². The number of nitrogens with two attached hydrogens (primary N) is 1. The van der Waals surface area contributed by atoms with Crippen LogP contribution in [0.5, 0.6) is 0 Å². The van der Waals surface area contributed by atoms with Crippen LogP contribution in [0, 0.1) is 11.7 Å². The van der Waals surface area contributed by atoms with Gasteiger partial charge in [-0.05, 0) is 37.7 Å². The van der Waals surface area contributed by atoms with Gasteiger partial charge in [0.25, 0.3) is 5.91 Å². The van der Waals surface area contributed by atoms with E-state index in [1.54, 1.807) is 0 Å². The Bertz CT molecular complexity index is 487. The Morgan fingerprint density at radius 1 is 1.43 bits per heavy atom. The van der Waals surface area contributed by atoms with E-state index in [0.29, 0.717) is 0 Å². The Hall–Kier alpha value is -1.69. The Morgan fingerprint density at radius 2 is 2.14 bits per heavy atom. The van der Waals surface area contributed by atoms with Crippen molar-refractivity contribution in [3.63, 3.8) is 0 Å². The average molecular weight is 294 g/mol. The number of nitrogens with zero attached hydrogens (tertiary/aromatic N) is 1. The third kappa shape index (κ3) is 3.91. The zero-order valence-electron chi connectivity index (χ0n) is 12.4. The van der Waals surface area contributed by atoms with Crippen LogP contribution < -0.4 is 16.6 Å². The van der Waals surface area contributed by atoms with Crippen LogP contribution in [0.25, 0.3) is 0 Å². The van der Waals surface area contributed by atoms with Crippen LogP contribution in [0.4, 0.5) is 10.2 Å². The fraction of sp³-hybridized carbons (Fsp3) is 0.600. The van der Waals surface area contributed by atoms with E-state index in [9.17, 15) is 9.18 Å². The number of aromatic nitrogens is 1. The summed E-state index contributed by atoms with van der Waals surface area (Å²) in [6.07, 6.45) is 8.02. The number of rotatable bonds is 5. The van der Waals surface area contributed by atoms with Crippen molar-refractivity contribution >= 4 is 11.7 Å². The smallest absolute Gasteiger partial charge is 0.254 e. The Kier molecular flexibility index (Phi) is 5.50. The van der Waals surface area contributed by atoms with Crippen LogP contribution >= 0.6 is 0 Å². The van der Waals surface area contributed by atoms with Crippen molar-refractivity contribution in [2.75, 3.05) is 5.43 Å². The highest BCUT2D eigenvalue weighted by Crippen LogP contribution is 2.28. The summed E-state index contributed by atoms with van der Waals surface area (Å²) in [5, 5.41) is 2.91. The van der Waals surface area contributed by atoms with Crippen LogP contribution in [-0.2, 0) is 0 Å². The molecule has 5 nitrogen and oxygen atoms in total. The third-order valence-corrected chi connectivity index (χ3v) is 4.15. The summed E-state index contributed by atoms with van der Waals surface area (Å²) in [4.78, 5) is 15.9. The quantitative estimate of drug-likeness (QED) is 0.576. The minimum atomic E-state index is -0.711. The van der Waals surface area contributed by atoms with E-state index in [2.05, 4.69) is 22.7 Å². The van der Waals surface area contributed by atoms with Crippen molar-refractivity contribution in [2.24, 2.45) is 11.8 Å². The maximum Gasteiger partial charge on any atom is 0.254 e. The maximum atomic E-state index is 14.0. The predicted molar refractivity (Wildman–Crippen MR) is 80.1 cm³/mol. The summed E-state index contributed by atoms with van der Waals surface area (Å²) in [5.74, 6) is 4.71. The zero-order valence-corrected chi connectivity index (χ0v) is 12.4. The van der Waals surface area contributed by atoms with Gasteiger partial charge in [-0.15, -0.1) is 0 Å². The number of anilines is 1. The van der Waals surface area contributed by atoms with Gasteiger partial charge in [0.2, 0.25) is 0 Å². The number of nitrogens with one attached hydrogen (secondary N) is 2. The third-order valence-electron chi connectivity index (χ3n) is 4.15. The van der Waals surface area contributed by atoms with Crippen molar-refractivity contribution in [3.8, 4) is 0 Å². The van der Waals surface area contributed by atoms with E-state index in [-0.39, 0.29) is 17.4 Å². The molecule has 1 aliphatic rings. The maximum absolute atomic E-state index is 14.0. The van der Waals surface area contributed by atoms with Crippen LogP contribution in [-0.4, -0.2) is 16.9 Å². The molecule has 0 unspecified atom stereocenters. The number of pyridine rings is 1. The molecule has 1 fully saturated rings. The fourth-order valence-corrected chi connectivity index (χ4v) is 2.99. The van der Waals surface area contributed by atoms with Crippen LogP contribution in [0.1, 0.15) is 55.8 Å². The van der Waals surface area contributed by atoms with Crippen LogP contribution in [0.15, 0.2) is 12.3 Å². The molecule has 0 aliphatic heterocycles. The van der Waals surface area contributed by atoms with Crippen molar-refractivity contribution in [1.29, 1.82) is 0 Å². The van der Waals surface area contributed by atoms with Gasteiger partial charge in [0.15, 0.2) is 11.6 Å². The summed E-state index contributed by atoms with van der Waals surface area (Å²) in [6, 6.07) is 1.50. The van der Waals surface area contributed by atoms with Gasteiger partial charge in [-0.25, -0.2) is 15.2 Å². The first-order chi connectivity index (χ1) is 10.2. The second kappa shape index (κ2) is 7.36. The SMILES string of the molecule is CCCC1CCC(NC(=O)c2ccnc(NN)c2F)CC1. The second-order valence-electron chi connectivity index (χ2n) is 5.65. The van der Waals surface area contributed by atoms with Gasteiger partial charge in [0, 0.05) is 12.2 Å². The molecule has 116 valence electrons. The van der Waals surface area contributed by atoms with Crippen molar-refractivity contribution in [2.45, 2.75) is 51.5 Å². The molecule has 2 rings (SSSR count). The number of carbonyl (C=O) groups is 1. The minimum Gasteiger partial charge on any atom is -0.349 e. The normalized spacial score (nSPS) is 21.9. The lowest BCUT2D eigenvalue weighted by molar-refractivity contribution is 0.0917. The molecule has 1 aliphatic carbocycles. The van der Waals surface area contributed by atoms with E-state index in [1.165, 1.54) is 25.1 Å². The summed E-state index contributed by atoms with van der Waals surface area (Å²) in [5.41, 5.74) is 2.13. The largest absolute Gasteiger partial charge is 0.349 e. The highest BCUT2D eigenvalue weighted by atomic mass is 19.1. The Morgan fingerprint density at radius 3 is 2.76 bits per heavy atom. The van der Waals surface area contributed by atoms with Gasteiger partial charge in [-0.2, -0.15) is 0 Å². The van der Waals surface area contributed by atoms with Crippen LogP contribution in [0.2, 0.25) is 0 Å². The topological polar surface area (TPSA) is 80.0 Å². The molecule has 1 heterocycles. The highest BCUT2D eigenvalue weighted by Gasteiger charge is 2.23. The molecule has 6 heteroatoms. The molecular formula is C15H23FN4O. The van der Waals surface area contributed by atoms with E-state index < -0.39 is 11.7 Å². The molecule has 1 aromatic rings. The summed E-state index contributed by atoms with van der Waals surface area (Å²) < 4.78 is 14.0. The number of hydrazine groups is 1. The minimum absolute atomic E-state index is 0.0198.